The van der Waals surface area contributed by atoms with Crippen LogP contribution in [-0.4, -0.2) is 65.6 Å². The van der Waals surface area contributed by atoms with Gasteiger partial charge in [0.2, 0.25) is 13.3 Å². The van der Waals surface area contributed by atoms with Gasteiger partial charge in [0, 0.05) is 48.5 Å². The Morgan fingerprint density at radius 1 is 1.12 bits per heavy atom. The van der Waals surface area contributed by atoms with E-state index in [1.54, 1.807) is 4.90 Å². The number of aliphatic carboxylic acids is 1. The zero-order chi connectivity index (χ0) is 38.2. The number of morpholine rings is 1. The molecule has 9 nitrogen and oxygen atoms in total. The zero-order valence-electron chi connectivity index (χ0n) is 28.4. The van der Waals surface area contributed by atoms with Gasteiger partial charge in [0.25, 0.3) is 11.5 Å². The van der Waals surface area contributed by atoms with Gasteiger partial charge in [-0.05, 0) is 49.2 Å². The number of alkyl halides is 6. The van der Waals surface area contributed by atoms with Crippen LogP contribution in [0.5, 0.6) is 0 Å². The van der Waals surface area contributed by atoms with Crippen LogP contribution in [0.4, 0.5) is 36.4 Å². The number of hydrogen-bond donors (Lipinski definition) is 2. The van der Waals surface area contributed by atoms with Crippen molar-refractivity contribution in [2.45, 2.75) is 52.7 Å². The Hall–Kier alpha value is -4.99. The SMILES string of the molecule is CC.Cc1cc(N2CCOC(F)C2)cc(F)c1C(=O)N[C@@H](Cc1ccc(-c2c(C(F)(F)F)cc(C)n(C)c2=O)c2ncccc12)C(=O)O.FCF. The summed E-state index contributed by atoms with van der Waals surface area (Å²) >= 11 is 0. The number of carbonyl (C=O) groups excluding carboxylic acids is 1. The lowest BCUT2D eigenvalue weighted by molar-refractivity contribution is -0.139. The molecule has 2 aromatic carbocycles. The highest BCUT2D eigenvalue weighted by molar-refractivity contribution is 5.99. The predicted molar refractivity (Wildman–Crippen MR) is 177 cm³/mol. The van der Waals surface area contributed by atoms with E-state index in [1.165, 1.54) is 57.4 Å². The van der Waals surface area contributed by atoms with Gasteiger partial charge in [0.1, 0.15) is 11.9 Å². The molecule has 2 aromatic heterocycles. The van der Waals surface area contributed by atoms with Crippen LogP contribution in [0.3, 0.4) is 0 Å². The third kappa shape index (κ3) is 9.22. The van der Waals surface area contributed by atoms with E-state index in [9.17, 15) is 45.8 Å². The summed E-state index contributed by atoms with van der Waals surface area (Å²) in [6.45, 7) is 5.38. The maximum atomic E-state index is 15.2. The molecule has 0 radical (unpaired) electrons. The van der Waals surface area contributed by atoms with Crippen molar-refractivity contribution in [2.24, 2.45) is 7.05 Å². The summed E-state index contributed by atoms with van der Waals surface area (Å²) in [5, 5.41) is 12.6. The third-order valence-corrected chi connectivity index (χ3v) is 8.02. The van der Waals surface area contributed by atoms with E-state index in [2.05, 4.69) is 10.3 Å². The van der Waals surface area contributed by atoms with Crippen LogP contribution in [0.15, 0.2) is 53.5 Å². The average Bonchev–Trinajstić information content (AvgIpc) is 3.07. The Balaban J connectivity index is 0.00000133. The van der Waals surface area contributed by atoms with Gasteiger partial charge in [-0.2, -0.15) is 13.2 Å². The van der Waals surface area contributed by atoms with Gasteiger partial charge in [-0.1, -0.05) is 32.0 Å². The van der Waals surface area contributed by atoms with Crippen LogP contribution in [0.2, 0.25) is 0 Å². The Morgan fingerprint density at radius 2 is 1.78 bits per heavy atom. The summed E-state index contributed by atoms with van der Waals surface area (Å²) in [4.78, 5) is 44.4. The number of rotatable bonds is 7. The number of aromatic nitrogens is 2. The van der Waals surface area contributed by atoms with Gasteiger partial charge in [0.05, 0.1) is 35.4 Å². The van der Waals surface area contributed by atoms with E-state index in [-0.39, 0.29) is 47.3 Å². The molecule has 276 valence electrons. The van der Waals surface area contributed by atoms with Crippen molar-refractivity contribution in [3.05, 3.63) is 92.8 Å². The molecule has 2 N–H and O–H groups in total. The minimum Gasteiger partial charge on any atom is -0.480 e. The van der Waals surface area contributed by atoms with E-state index in [0.717, 1.165) is 16.7 Å². The van der Waals surface area contributed by atoms with E-state index in [4.69, 9.17) is 4.74 Å². The molecule has 1 unspecified atom stereocenters. The van der Waals surface area contributed by atoms with Crippen molar-refractivity contribution >= 4 is 28.5 Å². The third-order valence-electron chi connectivity index (χ3n) is 8.02. The number of nitrogens with one attached hydrogen (secondary N) is 1. The summed E-state index contributed by atoms with van der Waals surface area (Å²) in [5.74, 6) is -3.38. The summed E-state index contributed by atoms with van der Waals surface area (Å²) in [6.07, 6.45) is -5.41. The first kappa shape index (κ1) is 40.4. The Kier molecular flexibility index (Phi) is 13.7. The van der Waals surface area contributed by atoms with E-state index < -0.39 is 65.4 Å². The number of halogens is 7. The first-order valence-electron chi connectivity index (χ1n) is 15.7. The van der Waals surface area contributed by atoms with E-state index in [0.29, 0.717) is 17.8 Å². The lowest BCUT2D eigenvalue weighted by Gasteiger charge is -2.31. The Bertz CT molecular complexity index is 1910. The van der Waals surface area contributed by atoms with Crippen molar-refractivity contribution in [3.8, 4) is 11.1 Å². The molecule has 51 heavy (non-hydrogen) atoms. The molecule has 3 heterocycles. The lowest BCUT2D eigenvalue weighted by Crippen LogP contribution is -2.43. The molecule has 16 heteroatoms. The van der Waals surface area contributed by atoms with Crippen LogP contribution in [0.25, 0.3) is 22.0 Å². The quantitative estimate of drug-likeness (QED) is 0.201. The van der Waals surface area contributed by atoms with E-state index in [1.807, 2.05) is 13.8 Å². The number of anilines is 1. The van der Waals surface area contributed by atoms with Gasteiger partial charge < -0.3 is 24.6 Å². The fourth-order valence-corrected chi connectivity index (χ4v) is 5.61. The first-order chi connectivity index (χ1) is 24.1. The first-order valence-corrected chi connectivity index (χ1v) is 15.7. The predicted octanol–water partition coefficient (Wildman–Crippen LogP) is 6.84. The number of pyridine rings is 2. The van der Waals surface area contributed by atoms with Crippen molar-refractivity contribution < 1.29 is 50.2 Å². The highest BCUT2D eigenvalue weighted by Gasteiger charge is 2.37. The fraction of sp³-hybridized carbons (Fsp3) is 0.371. The highest BCUT2D eigenvalue weighted by atomic mass is 19.4. The minimum absolute atomic E-state index is 0.0260. The molecule has 0 bridgehead atoms. The fourth-order valence-electron chi connectivity index (χ4n) is 5.61. The summed E-state index contributed by atoms with van der Waals surface area (Å²) in [7, 11) is 1.35. The number of fused-ring (bicyclic) bond motifs is 1. The van der Waals surface area contributed by atoms with E-state index >= 15 is 4.39 Å². The minimum atomic E-state index is -4.85. The van der Waals surface area contributed by atoms with Crippen LogP contribution in [0, 0.1) is 19.7 Å². The van der Waals surface area contributed by atoms with Gasteiger partial charge in [-0.15, -0.1) is 0 Å². The normalized spacial score (nSPS) is 14.9. The second-order valence-corrected chi connectivity index (χ2v) is 11.1. The maximum absolute atomic E-state index is 15.2. The Morgan fingerprint density at radius 3 is 2.37 bits per heavy atom. The summed E-state index contributed by atoms with van der Waals surface area (Å²) in [6, 6.07) is 7.52. The molecule has 4 aromatic rings. The van der Waals surface area contributed by atoms with Crippen LogP contribution < -0.4 is 15.8 Å². The number of carboxylic acid groups (broad SMARTS) is 1. The van der Waals surface area contributed by atoms with Crippen molar-refractivity contribution in [1.82, 2.24) is 14.9 Å². The summed E-state index contributed by atoms with van der Waals surface area (Å²) < 4.78 is 96.4. The zero-order valence-corrected chi connectivity index (χ0v) is 28.4. The molecule has 0 aliphatic carbocycles. The molecular formula is C35H37F7N4O5. The number of aryl methyl sites for hydroxylation is 2. The van der Waals surface area contributed by atoms with Gasteiger partial charge in [0.15, 0.2) is 0 Å². The number of carbonyl (C=O) groups is 2. The lowest BCUT2D eigenvalue weighted by atomic mass is 9.93. The van der Waals surface area contributed by atoms with Crippen molar-refractivity contribution in [3.63, 3.8) is 0 Å². The maximum Gasteiger partial charge on any atom is 0.417 e. The largest absolute Gasteiger partial charge is 0.480 e. The number of ether oxygens (including phenoxy) is 1. The number of benzene rings is 2. The molecule has 5 rings (SSSR count). The highest BCUT2D eigenvalue weighted by Crippen LogP contribution is 2.38. The standard InChI is InChI=1S/C32H29F5N4O5.C2H6.CH2F2/c1-16-11-19(41-9-10-46-25(34)15-41)14-23(33)26(16)29(42)39-24(31(44)45)13-18-6-7-21(28-20(18)5-4-8-38-28)27-22(32(35,36)37)12-17(2)40(3)30(27)43;1-2;2-1-3/h4-8,11-12,14,24-25H,9-10,13,15H2,1-3H3,(H,39,42)(H,44,45);1-2H3;1H2/t24-,25?;;/m0../s1. The molecule has 1 fully saturated rings. The molecule has 1 aliphatic rings. The van der Waals surface area contributed by atoms with Gasteiger partial charge in [-0.25, -0.2) is 22.4 Å². The molecule has 0 saturated carbocycles. The van der Waals surface area contributed by atoms with Crippen molar-refractivity contribution in [1.29, 1.82) is 0 Å². The van der Waals surface area contributed by atoms with Crippen LogP contribution in [0.1, 0.15) is 46.6 Å². The molecule has 1 saturated heterocycles. The monoisotopic (exact) mass is 726 g/mol. The van der Waals surface area contributed by atoms with Crippen LogP contribution in [-0.2, 0) is 29.2 Å². The smallest absolute Gasteiger partial charge is 0.417 e. The second kappa shape index (κ2) is 17.3. The Labute approximate surface area is 288 Å². The van der Waals surface area contributed by atoms with Gasteiger partial charge in [-0.3, -0.25) is 14.6 Å². The number of amides is 1. The van der Waals surface area contributed by atoms with Crippen LogP contribution >= 0.6 is 0 Å². The molecule has 1 aliphatic heterocycles. The van der Waals surface area contributed by atoms with Crippen molar-refractivity contribution in [2.75, 3.05) is 31.5 Å². The average molecular weight is 727 g/mol. The number of nitrogens with zero attached hydrogens (tertiary/aromatic N) is 3. The molecule has 2 atom stereocenters. The molecule has 1 amide bonds. The number of carboxylic acids is 1. The summed E-state index contributed by atoms with van der Waals surface area (Å²) in [5.41, 5.74) is -2.15. The number of hydrogen-bond acceptors (Lipinski definition) is 6. The molecular weight excluding hydrogens is 689 g/mol. The second-order valence-electron chi connectivity index (χ2n) is 11.1. The van der Waals surface area contributed by atoms with Gasteiger partial charge >= 0.3 is 12.1 Å². The topological polar surface area (TPSA) is 114 Å². The molecule has 0 spiro atoms.